The molecule has 1 heterocycles. The van der Waals surface area contributed by atoms with Crippen molar-refractivity contribution in [1.29, 1.82) is 0 Å². The summed E-state index contributed by atoms with van der Waals surface area (Å²) in [5.74, 6) is 0.672. The van der Waals surface area contributed by atoms with E-state index in [4.69, 9.17) is 15.2 Å². The number of rotatable bonds is 4. The van der Waals surface area contributed by atoms with Gasteiger partial charge in [-0.25, -0.2) is 0 Å². The van der Waals surface area contributed by atoms with Gasteiger partial charge in [-0.1, -0.05) is 4.49 Å². The first-order chi connectivity index (χ1) is 9.56. The molecule has 0 saturated heterocycles. The van der Waals surface area contributed by atoms with Crippen LogP contribution in [0.1, 0.15) is 15.4 Å². The fraction of sp³-hybridized carbons (Fsp3) is 0.250. The Morgan fingerprint density at radius 2 is 1.95 bits per heavy atom. The molecule has 106 valence electrons. The van der Waals surface area contributed by atoms with Crippen LogP contribution in [0.15, 0.2) is 12.1 Å². The summed E-state index contributed by atoms with van der Waals surface area (Å²) in [7, 11) is 3.03. The number of anilines is 2. The Morgan fingerprint density at radius 3 is 2.50 bits per heavy atom. The number of nitrogens with two attached hydrogens (primary N) is 1. The number of hydrogen-bond donors (Lipinski definition) is 2. The molecule has 3 N–H and O–H groups in total. The molecule has 0 aliphatic heterocycles. The van der Waals surface area contributed by atoms with E-state index in [0.717, 1.165) is 11.5 Å². The number of methoxy groups -OCH3 is 2. The van der Waals surface area contributed by atoms with Crippen LogP contribution in [0.3, 0.4) is 0 Å². The van der Waals surface area contributed by atoms with Crippen LogP contribution < -0.4 is 20.5 Å². The Labute approximate surface area is 119 Å². The van der Waals surface area contributed by atoms with Gasteiger partial charge in [0.1, 0.15) is 4.88 Å². The Balaban J connectivity index is 2.30. The van der Waals surface area contributed by atoms with Crippen LogP contribution in [0.5, 0.6) is 11.5 Å². The number of carbonyl (C=O) groups is 1. The van der Waals surface area contributed by atoms with E-state index in [0.29, 0.717) is 33.4 Å². The van der Waals surface area contributed by atoms with Gasteiger partial charge in [-0.3, -0.25) is 4.79 Å². The molecule has 1 aromatic heterocycles. The van der Waals surface area contributed by atoms with Gasteiger partial charge in [0.2, 0.25) is 0 Å². The lowest BCUT2D eigenvalue weighted by molar-refractivity contribution is 0.103. The second kappa shape index (κ2) is 5.74. The van der Waals surface area contributed by atoms with E-state index in [1.165, 1.54) is 14.2 Å². The topological polar surface area (TPSA) is 99.4 Å². The zero-order chi connectivity index (χ0) is 14.7. The highest BCUT2D eigenvalue weighted by molar-refractivity contribution is 7.08. The lowest BCUT2D eigenvalue weighted by atomic mass is 10.2. The van der Waals surface area contributed by atoms with Crippen molar-refractivity contribution in [2.75, 3.05) is 25.3 Å². The predicted molar refractivity (Wildman–Crippen MR) is 76.6 cm³/mol. The average molecular weight is 294 g/mol. The molecule has 8 heteroatoms. The maximum Gasteiger partial charge on any atom is 0.269 e. The van der Waals surface area contributed by atoms with Crippen molar-refractivity contribution in [3.05, 3.63) is 22.7 Å². The number of amides is 1. The van der Waals surface area contributed by atoms with Gasteiger partial charge in [-0.15, -0.1) is 5.10 Å². The van der Waals surface area contributed by atoms with Gasteiger partial charge < -0.3 is 20.5 Å². The van der Waals surface area contributed by atoms with Crippen LogP contribution in [0.25, 0.3) is 0 Å². The summed E-state index contributed by atoms with van der Waals surface area (Å²) in [6.07, 6.45) is 0. The summed E-state index contributed by atoms with van der Waals surface area (Å²) in [5, 5.41) is 6.50. The molecule has 1 aromatic carbocycles. The average Bonchev–Trinajstić information content (AvgIpc) is 2.86. The van der Waals surface area contributed by atoms with Gasteiger partial charge >= 0.3 is 0 Å². The predicted octanol–water partition coefficient (Wildman–Crippen LogP) is 1.70. The quantitative estimate of drug-likeness (QED) is 0.833. The Morgan fingerprint density at radius 1 is 1.30 bits per heavy atom. The molecular formula is C12H14N4O3S. The molecule has 2 rings (SSSR count). The number of aryl methyl sites for hydroxylation is 1. The molecule has 0 bridgehead atoms. The molecule has 0 radical (unpaired) electrons. The summed E-state index contributed by atoms with van der Waals surface area (Å²) in [6.45, 7) is 1.72. The maximum atomic E-state index is 12.1. The highest BCUT2D eigenvalue weighted by Gasteiger charge is 2.16. The standard InChI is InChI=1S/C12H14N4O3S/c1-6-11(20-16-15-6)12(17)14-8-5-10(19-3)9(18-2)4-7(8)13/h4-5H,13H2,1-3H3,(H,14,17). The summed E-state index contributed by atoms with van der Waals surface area (Å²) in [6, 6.07) is 3.20. The zero-order valence-corrected chi connectivity index (χ0v) is 12.1. The largest absolute Gasteiger partial charge is 0.493 e. The van der Waals surface area contributed by atoms with E-state index in [1.54, 1.807) is 19.1 Å². The van der Waals surface area contributed by atoms with Crippen molar-refractivity contribution in [2.24, 2.45) is 0 Å². The summed E-state index contributed by atoms with van der Waals surface area (Å²) in [5.41, 5.74) is 7.28. The van der Waals surface area contributed by atoms with Gasteiger partial charge in [0, 0.05) is 12.1 Å². The van der Waals surface area contributed by atoms with Gasteiger partial charge in [-0.2, -0.15) is 0 Å². The minimum atomic E-state index is -0.309. The second-order valence-corrected chi connectivity index (χ2v) is 4.69. The first-order valence-corrected chi connectivity index (χ1v) is 6.46. The molecule has 7 nitrogen and oxygen atoms in total. The van der Waals surface area contributed by atoms with E-state index in [2.05, 4.69) is 14.9 Å². The number of nitrogen functional groups attached to an aromatic ring is 1. The number of benzene rings is 1. The number of carbonyl (C=O) groups excluding carboxylic acids is 1. The zero-order valence-electron chi connectivity index (χ0n) is 11.3. The van der Waals surface area contributed by atoms with Crippen molar-refractivity contribution < 1.29 is 14.3 Å². The first kappa shape index (κ1) is 14.1. The highest BCUT2D eigenvalue weighted by atomic mass is 32.1. The summed E-state index contributed by atoms with van der Waals surface area (Å²) >= 11 is 1.03. The van der Waals surface area contributed by atoms with Crippen LogP contribution in [0, 0.1) is 6.92 Å². The number of ether oxygens (including phenoxy) is 2. The fourth-order valence-corrected chi connectivity index (χ4v) is 2.17. The smallest absolute Gasteiger partial charge is 0.269 e. The molecule has 0 spiro atoms. The second-order valence-electron chi connectivity index (χ2n) is 3.94. The number of hydrogen-bond acceptors (Lipinski definition) is 7. The van der Waals surface area contributed by atoms with Crippen molar-refractivity contribution in [3.63, 3.8) is 0 Å². The van der Waals surface area contributed by atoms with Crippen LogP contribution in [0.4, 0.5) is 11.4 Å². The minimum absolute atomic E-state index is 0.309. The molecular weight excluding hydrogens is 280 g/mol. The Kier molecular flexibility index (Phi) is 4.04. The van der Waals surface area contributed by atoms with Gasteiger partial charge in [-0.05, 0) is 18.5 Å². The number of aromatic nitrogens is 2. The lowest BCUT2D eigenvalue weighted by Crippen LogP contribution is -2.13. The maximum absolute atomic E-state index is 12.1. The third kappa shape index (κ3) is 2.64. The van der Waals surface area contributed by atoms with E-state index in [-0.39, 0.29) is 5.91 Å². The highest BCUT2D eigenvalue weighted by Crippen LogP contribution is 2.35. The fourth-order valence-electron chi connectivity index (χ4n) is 1.62. The van der Waals surface area contributed by atoms with E-state index < -0.39 is 0 Å². The van der Waals surface area contributed by atoms with Crippen LogP contribution in [-0.4, -0.2) is 29.7 Å². The Bertz CT molecular complexity index is 642. The van der Waals surface area contributed by atoms with Gasteiger partial charge in [0.15, 0.2) is 11.5 Å². The molecule has 2 aromatic rings. The molecule has 0 atom stereocenters. The van der Waals surface area contributed by atoms with E-state index in [9.17, 15) is 4.79 Å². The molecule has 0 fully saturated rings. The molecule has 0 unspecified atom stereocenters. The van der Waals surface area contributed by atoms with Crippen LogP contribution in [0.2, 0.25) is 0 Å². The minimum Gasteiger partial charge on any atom is -0.493 e. The van der Waals surface area contributed by atoms with Gasteiger partial charge in [0.25, 0.3) is 5.91 Å². The third-order valence-corrected chi connectivity index (χ3v) is 3.49. The number of nitrogens with zero attached hydrogens (tertiary/aromatic N) is 2. The molecule has 20 heavy (non-hydrogen) atoms. The Hall–Kier alpha value is -2.35. The summed E-state index contributed by atoms with van der Waals surface area (Å²) < 4.78 is 14.0. The summed E-state index contributed by atoms with van der Waals surface area (Å²) in [4.78, 5) is 12.5. The van der Waals surface area contributed by atoms with E-state index >= 15 is 0 Å². The van der Waals surface area contributed by atoms with Gasteiger partial charge in [0.05, 0.1) is 31.3 Å². The van der Waals surface area contributed by atoms with Crippen LogP contribution >= 0.6 is 11.5 Å². The molecule has 1 amide bonds. The monoisotopic (exact) mass is 294 g/mol. The molecule has 0 saturated carbocycles. The normalized spacial score (nSPS) is 10.2. The first-order valence-electron chi connectivity index (χ1n) is 5.68. The van der Waals surface area contributed by atoms with Crippen molar-refractivity contribution in [3.8, 4) is 11.5 Å². The van der Waals surface area contributed by atoms with Crippen molar-refractivity contribution in [1.82, 2.24) is 9.59 Å². The third-order valence-electron chi connectivity index (χ3n) is 2.66. The lowest BCUT2D eigenvalue weighted by Gasteiger charge is -2.13. The van der Waals surface area contributed by atoms with E-state index in [1.807, 2.05) is 0 Å². The number of nitrogens with one attached hydrogen (secondary N) is 1. The molecule has 0 aliphatic rings. The SMILES string of the molecule is COc1cc(N)c(NC(=O)c2snnc2C)cc1OC. The molecule has 0 aliphatic carbocycles. The van der Waals surface area contributed by atoms with Crippen molar-refractivity contribution >= 4 is 28.8 Å². The van der Waals surface area contributed by atoms with Crippen molar-refractivity contribution in [2.45, 2.75) is 6.92 Å². The van der Waals surface area contributed by atoms with Crippen LogP contribution in [-0.2, 0) is 0 Å².